The Hall–Kier alpha value is -2.65. The SMILES string of the molecule is O=C(O)C(O)=CC(=O)c1cc(S(=O)(=O)c2ccc(Cl)cc2)n[nH]1. The lowest BCUT2D eigenvalue weighted by Crippen LogP contribution is -2.04. The molecule has 0 bridgehead atoms. The average molecular weight is 357 g/mol. The van der Waals surface area contributed by atoms with Crippen molar-refractivity contribution in [2.75, 3.05) is 0 Å². The number of aliphatic hydroxyl groups excluding tert-OH is 1. The van der Waals surface area contributed by atoms with Gasteiger partial charge in [0.05, 0.1) is 4.90 Å². The molecule has 0 aliphatic carbocycles. The zero-order valence-corrected chi connectivity index (χ0v) is 12.8. The fourth-order valence-electron chi connectivity index (χ4n) is 1.57. The van der Waals surface area contributed by atoms with Gasteiger partial charge in [0.25, 0.3) is 0 Å². The Labute approximate surface area is 134 Å². The van der Waals surface area contributed by atoms with Gasteiger partial charge in [-0.05, 0) is 24.3 Å². The van der Waals surface area contributed by atoms with Crippen molar-refractivity contribution < 1.29 is 28.2 Å². The molecule has 8 nitrogen and oxygen atoms in total. The lowest BCUT2D eigenvalue weighted by Gasteiger charge is -2.00. The van der Waals surface area contributed by atoms with Crippen molar-refractivity contribution in [2.45, 2.75) is 9.92 Å². The number of aromatic nitrogens is 2. The molecule has 0 radical (unpaired) electrons. The third-order valence-electron chi connectivity index (χ3n) is 2.71. The summed E-state index contributed by atoms with van der Waals surface area (Å²) < 4.78 is 24.6. The Balaban J connectivity index is 2.35. The zero-order valence-electron chi connectivity index (χ0n) is 11.2. The predicted molar refractivity (Wildman–Crippen MR) is 78.2 cm³/mol. The molecule has 0 amide bonds. The van der Waals surface area contributed by atoms with Crippen molar-refractivity contribution in [3.63, 3.8) is 0 Å². The van der Waals surface area contributed by atoms with Crippen LogP contribution in [0.25, 0.3) is 0 Å². The third kappa shape index (κ3) is 3.58. The maximum Gasteiger partial charge on any atom is 0.371 e. The quantitative estimate of drug-likeness (QED) is 0.420. The summed E-state index contributed by atoms with van der Waals surface area (Å²) in [4.78, 5) is 22.1. The van der Waals surface area contributed by atoms with Crippen molar-refractivity contribution in [1.29, 1.82) is 0 Å². The molecule has 1 aromatic carbocycles. The van der Waals surface area contributed by atoms with Gasteiger partial charge in [-0.15, -0.1) is 0 Å². The largest absolute Gasteiger partial charge is 0.502 e. The number of ketones is 1. The van der Waals surface area contributed by atoms with E-state index in [-0.39, 0.29) is 10.6 Å². The highest BCUT2D eigenvalue weighted by atomic mass is 35.5. The Morgan fingerprint density at radius 1 is 1.17 bits per heavy atom. The molecule has 23 heavy (non-hydrogen) atoms. The number of allylic oxidation sites excluding steroid dienone is 1. The molecule has 0 atom stereocenters. The van der Waals surface area contributed by atoms with Crippen LogP contribution in [0.4, 0.5) is 0 Å². The Morgan fingerprint density at radius 2 is 1.78 bits per heavy atom. The molecule has 2 rings (SSSR count). The monoisotopic (exact) mass is 356 g/mol. The number of carbonyl (C=O) groups excluding carboxylic acids is 1. The number of aromatic amines is 1. The third-order valence-corrected chi connectivity index (χ3v) is 4.61. The first-order chi connectivity index (χ1) is 10.7. The molecule has 10 heteroatoms. The number of hydrogen-bond acceptors (Lipinski definition) is 6. The van der Waals surface area contributed by atoms with Gasteiger partial charge >= 0.3 is 5.97 Å². The van der Waals surface area contributed by atoms with E-state index in [0.29, 0.717) is 11.1 Å². The van der Waals surface area contributed by atoms with Crippen LogP contribution >= 0.6 is 11.6 Å². The summed E-state index contributed by atoms with van der Waals surface area (Å²) >= 11 is 5.69. The highest BCUT2D eigenvalue weighted by Crippen LogP contribution is 2.21. The molecule has 120 valence electrons. The van der Waals surface area contributed by atoms with Crippen molar-refractivity contribution in [3.8, 4) is 0 Å². The fraction of sp³-hybridized carbons (Fsp3) is 0. The molecule has 0 aliphatic heterocycles. The minimum Gasteiger partial charge on any atom is -0.502 e. The molecular formula is C13H9ClN2O6S. The van der Waals surface area contributed by atoms with Crippen LogP contribution in [0.3, 0.4) is 0 Å². The van der Waals surface area contributed by atoms with E-state index in [1.165, 1.54) is 24.3 Å². The minimum atomic E-state index is -3.97. The number of nitrogens with one attached hydrogen (secondary N) is 1. The first-order valence-corrected chi connectivity index (χ1v) is 7.82. The first kappa shape index (κ1) is 16.7. The van der Waals surface area contributed by atoms with E-state index >= 15 is 0 Å². The highest BCUT2D eigenvalue weighted by Gasteiger charge is 2.22. The predicted octanol–water partition coefficient (Wildman–Crippen LogP) is 1.61. The molecular weight excluding hydrogens is 348 g/mol. The number of carbonyl (C=O) groups is 2. The summed E-state index contributed by atoms with van der Waals surface area (Å²) in [5, 5.41) is 23.1. The van der Waals surface area contributed by atoms with Gasteiger partial charge in [-0.25, -0.2) is 13.2 Å². The van der Waals surface area contributed by atoms with E-state index in [1.807, 2.05) is 0 Å². The maximum absolute atomic E-state index is 12.3. The molecule has 0 saturated carbocycles. The van der Waals surface area contributed by atoms with Gasteiger partial charge in [-0.1, -0.05) is 11.6 Å². The van der Waals surface area contributed by atoms with Crippen LogP contribution in [-0.2, 0) is 14.6 Å². The lowest BCUT2D eigenvalue weighted by molar-refractivity contribution is -0.135. The second-order valence-corrected chi connectivity index (χ2v) is 6.61. The smallest absolute Gasteiger partial charge is 0.371 e. The highest BCUT2D eigenvalue weighted by molar-refractivity contribution is 7.91. The molecule has 0 fully saturated rings. The van der Waals surface area contributed by atoms with Crippen LogP contribution < -0.4 is 0 Å². The summed E-state index contributed by atoms with van der Waals surface area (Å²) in [6, 6.07) is 6.29. The number of sulfone groups is 1. The van der Waals surface area contributed by atoms with Crippen molar-refractivity contribution >= 4 is 33.2 Å². The number of hydrogen-bond donors (Lipinski definition) is 3. The van der Waals surface area contributed by atoms with Crippen LogP contribution in [0.1, 0.15) is 10.5 Å². The lowest BCUT2D eigenvalue weighted by atomic mass is 10.2. The van der Waals surface area contributed by atoms with Crippen molar-refractivity contribution in [3.05, 3.63) is 52.9 Å². The molecule has 0 aliphatic rings. The second-order valence-electron chi connectivity index (χ2n) is 4.28. The number of benzene rings is 1. The van der Waals surface area contributed by atoms with E-state index in [0.717, 1.165) is 6.07 Å². The molecule has 2 aromatic rings. The van der Waals surface area contributed by atoms with Gasteiger partial charge in [0.15, 0.2) is 5.03 Å². The Kier molecular flexibility index (Phi) is 4.52. The number of nitrogens with zero attached hydrogens (tertiary/aromatic N) is 1. The molecule has 0 spiro atoms. The average Bonchev–Trinajstić information content (AvgIpc) is 2.98. The minimum absolute atomic E-state index is 0.0728. The summed E-state index contributed by atoms with van der Waals surface area (Å²) in [7, 11) is -3.97. The first-order valence-electron chi connectivity index (χ1n) is 5.96. The van der Waals surface area contributed by atoms with E-state index < -0.39 is 32.4 Å². The van der Waals surface area contributed by atoms with E-state index in [1.54, 1.807) is 0 Å². The number of carboxylic acids is 1. The van der Waals surface area contributed by atoms with Crippen LogP contribution in [-0.4, -0.2) is 40.6 Å². The van der Waals surface area contributed by atoms with Crippen molar-refractivity contribution in [1.82, 2.24) is 10.2 Å². The molecule has 1 aromatic heterocycles. The summed E-state index contributed by atoms with van der Waals surface area (Å²) in [6.45, 7) is 0. The summed E-state index contributed by atoms with van der Waals surface area (Å²) in [5.41, 5.74) is -0.287. The number of aliphatic carboxylic acids is 1. The Bertz CT molecular complexity index is 899. The van der Waals surface area contributed by atoms with Gasteiger partial charge in [0.1, 0.15) is 5.69 Å². The topological polar surface area (TPSA) is 137 Å². The number of carboxylic acid groups (broad SMARTS) is 1. The van der Waals surface area contributed by atoms with Crippen LogP contribution in [0.15, 0.2) is 52.1 Å². The fourth-order valence-corrected chi connectivity index (χ4v) is 2.87. The second kappa shape index (κ2) is 6.23. The molecule has 1 heterocycles. The van der Waals surface area contributed by atoms with Crippen LogP contribution in [0.2, 0.25) is 5.02 Å². The summed E-state index contributed by atoms with van der Waals surface area (Å²) in [6.07, 6.45) is 0.439. The number of halogens is 1. The van der Waals surface area contributed by atoms with Gasteiger partial charge in [0.2, 0.25) is 21.4 Å². The van der Waals surface area contributed by atoms with Crippen LogP contribution in [0.5, 0.6) is 0 Å². The van der Waals surface area contributed by atoms with Crippen LogP contribution in [0, 0.1) is 0 Å². The van der Waals surface area contributed by atoms with Gasteiger partial charge < -0.3 is 10.2 Å². The Morgan fingerprint density at radius 3 is 2.35 bits per heavy atom. The zero-order chi connectivity index (χ0) is 17.2. The maximum atomic E-state index is 12.3. The van der Waals surface area contributed by atoms with Gasteiger partial charge in [-0.3, -0.25) is 9.89 Å². The molecule has 0 saturated heterocycles. The number of rotatable bonds is 5. The molecule has 0 unspecified atom stereocenters. The van der Waals surface area contributed by atoms with E-state index in [2.05, 4.69) is 10.2 Å². The standard InChI is InChI=1S/C13H9ClN2O6S/c14-7-1-3-8(4-2-7)23(21,22)12-5-9(15-16-12)10(17)6-11(18)13(19)20/h1-6,18H,(H,15,16)(H,19,20). The molecule has 3 N–H and O–H groups in total. The normalized spacial score (nSPS) is 12.1. The van der Waals surface area contributed by atoms with Gasteiger partial charge in [-0.2, -0.15) is 5.10 Å². The number of aliphatic hydroxyl groups is 1. The van der Waals surface area contributed by atoms with E-state index in [4.69, 9.17) is 21.8 Å². The number of H-pyrrole nitrogens is 1. The van der Waals surface area contributed by atoms with E-state index in [9.17, 15) is 18.0 Å². The van der Waals surface area contributed by atoms with Gasteiger partial charge in [0, 0.05) is 17.2 Å². The summed E-state index contributed by atoms with van der Waals surface area (Å²) in [5.74, 6) is -3.80. The van der Waals surface area contributed by atoms with Crippen molar-refractivity contribution in [2.24, 2.45) is 0 Å².